The van der Waals surface area contributed by atoms with Gasteiger partial charge < -0.3 is 24.1 Å². The normalized spacial score (nSPS) is 11.0. The highest BCUT2D eigenvalue weighted by molar-refractivity contribution is 5.88. The van der Waals surface area contributed by atoms with Crippen LogP contribution >= 0.6 is 0 Å². The Morgan fingerprint density at radius 1 is 1.00 bits per heavy atom. The Bertz CT molecular complexity index is 806. The lowest BCUT2D eigenvalue weighted by Crippen LogP contribution is -1.95. The lowest BCUT2D eigenvalue weighted by molar-refractivity contribution is 0.288. The zero-order valence-corrected chi connectivity index (χ0v) is 13.7. The predicted molar refractivity (Wildman–Crippen MR) is 90.9 cm³/mol. The van der Waals surface area contributed by atoms with Gasteiger partial charge in [-0.1, -0.05) is 6.07 Å². The molecule has 2 N–H and O–H groups in total. The first-order chi connectivity index (χ1) is 11.7. The van der Waals surface area contributed by atoms with Crippen molar-refractivity contribution in [2.24, 2.45) is 0 Å². The van der Waals surface area contributed by atoms with Gasteiger partial charge in [0.15, 0.2) is 17.2 Å². The van der Waals surface area contributed by atoms with E-state index in [4.69, 9.17) is 13.9 Å². The summed E-state index contributed by atoms with van der Waals surface area (Å²) in [4.78, 5) is 0. The quantitative estimate of drug-likeness (QED) is 0.722. The van der Waals surface area contributed by atoms with Gasteiger partial charge in [0.05, 0.1) is 20.5 Å². The molecule has 1 aliphatic carbocycles. The van der Waals surface area contributed by atoms with Crippen molar-refractivity contribution in [3.05, 3.63) is 42.4 Å². The highest BCUT2D eigenvalue weighted by Gasteiger charge is 2.22. The van der Waals surface area contributed by atoms with E-state index >= 15 is 0 Å². The van der Waals surface area contributed by atoms with Crippen LogP contribution in [0.15, 0.2) is 41.2 Å². The third-order valence-electron chi connectivity index (χ3n) is 4.13. The zero-order valence-electron chi connectivity index (χ0n) is 13.7. The van der Waals surface area contributed by atoms with Crippen LogP contribution in [0.2, 0.25) is 0 Å². The summed E-state index contributed by atoms with van der Waals surface area (Å²) >= 11 is 0. The summed E-state index contributed by atoms with van der Waals surface area (Å²) in [6, 6.07) is 7.29. The maximum atomic E-state index is 9.82. The number of aliphatic hydroxyl groups excluding tert-OH is 1. The lowest BCUT2D eigenvalue weighted by Gasteiger charge is -2.11. The van der Waals surface area contributed by atoms with Crippen molar-refractivity contribution in [1.29, 1.82) is 0 Å². The number of hydrogen-bond donors (Lipinski definition) is 2. The monoisotopic (exact) mass is 328 g/mol. The molecule has 0 saturated heterocycles. The zero-order chi connectivity index (χ0) is 17.1. The van der Waals surface area contributed by atoms with Crippen molar-refractivity contribution in [2.75, 3.05) is 20.8 Å². The van der Waals surface area contributed by atoms with Crippen molar-refractivity contribution in [2.45, 2.75) is 12.8 Å². The number of phenols is 1. The number of methoxy groups -OCH3 is 2. The van der Waals surface area contributed by atoms with Gasteiger partial charge in [-0.25, -0.2) is 0 Å². The summed E-state index contributed by atoms with van der Waals surface area (Å²) in [5, 5.41) is 19.1. The molecule has 24 heavy (non-hydrogen) atoms. The molecular formula is C19H20O5. The average molecular weight is 328 g/mol. The van der Waals surface area contributed by atoms with E-state index in [0.717, 1.165) is 27.8 Å². The number of fused-ring (bicyclic) bond motifs is 1. The molecule has 1 heterocycles. The van der Waals surface area contributed by atoms with Crippen LogP contribution in [0.1, 0.15) is 12.0 Å². The summed E-state index contributed by atoms with van der Waals surface area (Å²) < 4.78 is 16.0. The van der Waals surface area contributed by atoms with Gasteiger partial charge in [-0.15, -0.1) is 0 Å². The smallest absolute Gasteiger partial charge is 0.162 e. The first-order valence-electron chi connectivity index (χ1n) is 7.73. The molecule has 0 spiro atoms. The van der Waals surface area contributed by atoms with Crippen LogP contribution in [-0.4, -0.2) is 31.0 Å². The summed E-state index contributed by atoms with van der Waals surface area (Å²) in [5.74, 6) is 1.18. The molecule has 0 saturated carbocycles. The molecule has 2 aliphatic rings. The van der Waals surface area contributed by atoms with Gasteiger partial charge in [-0.3, -0.25) is 0 Å². The summed E-state index contributed by atoms with van der Waals surface area (Å²) in [5.41, 5.74) is 4.94. The van der Waals surface area contributed by atoms with E-state index in [0.29, 0.717) is 24.3 Å². The number of benzene rings is 1. The molecule has 5 nitrogen and oxygen atoms in total. The van der Waals surface area contributed by atoms with E-state index in [9.17, 15) is 10.2 Å². The Hall–Kier alpha value is -2.66. The third-order valence-corrected chi connectivity index (χ3v) is 4.13. The van der Waals surface area contributed by atoms with E-state index in [1.807, 2.05) is 12.1 Å². The molecule has 3 rings (SSSR count). The number of phenolic OH excluding ortho intramolecular Hbond substituents is 1. The maximum absolute atomic E-state index is 9.82. The summed E-state index contributed by atoms with van der Waals surface area (Å²) in [6.07, 6.45) is 4.61. The number of hydrogen-bond acceptors (Lipinski definition) is 5. The van der Waals surface area contributed by atoms with Crippen molar-refractivity contribution >= 4 is 0 Å². The largest absolute Gasteiger partial charge is 0.504 e. The minimum absolute atomic E-state index is 0.0989. The second kappa shape index (κ2) is 6.84. The molecule has 0 bridgehead atoms. The van der Waals surface area contributed by atoms with E-state index in [2.05, 4.69) is 0 Å². The topological polar surface area (TPSA) is 72.1 Å². The lowest BCUT2D eigenvalue weighted by atomic mass is 9.98. The molecule has 0 aromatic heterocycles. The Kier molecular flexibility index (Phi) is 4.62. The highest BCUT2D eigenvalue weighted by atomic mass is 16.5. The van der Waals surface area contributed by atoms with Crippen LogP contribution in [0.3, 0.4) is 0 Å². The first kappa shape index (κ1) is 16.2. The Labute approximate surface area is 140 Å². The van der Waals surface area contributed by atoms with Crippen LogP contribution in [0.4, 0.5) is 0 Å². The predicted octanol–water partition coefficient (Wildman–Crippen LogP) is 3.70. The van der Waals surface area contributed by atoms with Crippen LogP contribution < -0.4 is 9.47 Å². The minimum atomic E-state index is 0.0989. The molecule has 1 aliphatic heterocycles. The van der Waals surface area contributed by atoms with Crippen molar-refractivity contribution < 1.29 is 24.1 Å². The second-order valence-electron chi connectivity index (χ2n) is 5.52. The Morgan fingerprint density at radius 3 is 2.50 bits per heavy atom. The van der Waals surface area contributed by atoms with E-state index < -0.39 is 0 Å². The van der Waals surface area contributed by atoms with Crippen molar-refractivity contribution in [3.63, 3.8) is 0 Å². The average Bonchev–Trinajstić information content (AvgIpc) is 2.99. The fourth-order valence-corrected chi connectivity index (χ4v) is 3.00. The first-order valence-corrected chi connectivity index (χ1v) is 7.73. The van der Waals surface area contributed by atoms with Gasteiger partial charge in [0, 0.05) is 17.7 Å². The van der Waals surface area contributed by atoms with E-state index in [1.54, 1.807) is 31.8 Å². The van der Waals surface area contributed by atoms with Crippen molar-refractivity contribution in [1.82, 2.24) is 0 Å². The molecule has 0 fully saturated rings. The number of ether oxygens (including phenoxy) is 2. The van der Waals surface area contributed by atoms with Crippen LogP contribution in [0, 0.1) is 0 Å². The molecule has 5 heteroatoms. The standard InChI is InChI=1S/C19H20O5/c1-22-17-9-12(5-6-16(17)21)15-8-13-10-24-11-18(23-2)19(13)14(15)4-3-7-20/h5-6,8-11,20-21H,3-4,7H2,1-2H3. The van der Waals surface area contributed by atoms with Gasteiger partial charge >= 0.3 is 0 Å². The van der Waals surface area contributed by atoms with Gasteiger partial charge in [0.1, 0.15) is 6.26 Å². The molecule has 0 unspecified atom stereocenters. The van der Waals surface area contributed by atoms with E-state index in [1.165, 1.54) is 7.11 Å². The number of aliphatic hydroxyl groups is 1. The molecule has 1 aromatic carbocycles. The summed E-state index contributed by atoms with van der Waals surface area (Å²) in [7, 11) is 3.13. The van der Waals surface area contributed by atoms with Gasteiger partial charge in [-0.2, -0.15) is 0 Å². The maximum Gasteiger partial charge on any atom is 0.162 e. The van der Waals surface area contributed by atoms with Gasteiger partial charge in [0.2, 0.25) is 0 Å². The van der Waals surface area contributed by atoms with Gasteiger partial charge in [-0.05, 0) is 47.7 Å². The molecule has 126 valence electrons. The molecular weight excluding hydrogens is 308 g/mol. The SMILES string of the molecule is COc1cc(-c2cc3cocc(OC)c-3c2CCCO)ccc1O. The number of aromatic hydroxyl groups is 1. The fraction of sp³-hybridized carbons (Fsp3) is 0.263. The Morgan fingerprint density at radius 2 is 1.79 bits per heavy atom. The van der Waals surface area contributed by atoms with Crippen molar-refractivity contribution in [3.8, 4) is 39.5 Å². The fourth-order valence-electron chi connectivity index (χ4n) is 3.00. The molecule has 1 aromatic rings. The minimum Gasteiger partial charge on any atom is -0.504 e. The van der Waals surface area contributed by atoms with Crippen LogP contribution in [-0.2, 0) is 6.42 Å². The second-order valence-corrected chi connectivity index (χ2v) is 5.52. The number of rotatable bonds is 6. The summed E-state index contributed by atoms with van der Waals surface area (Å²) in [6.45, 7) is 0.116. The highest BCUT2D eigenvalue weighted by Crippen LogP contribution is 2.45. The molecule has 0 amide bonds. The third kappa shape index (κ3) is 2.78. The van der Waals surface area contributed by atoms with Crippen LogP contribution in [0.25, 0.3) is 22.3 Å². The van der Waals surface area contributed by atoms with E-state index in [-0.39, 0.29) is 12.4 Å². The van der Waals surface area contributed by atoms with Gasteiger partial charge in [0.25, 0.3) is 0 Å². The molecule has 0 radical (unpaired) electrons. The van der Waals surface area contributed by atoms with Crippen LogP contribution in [0.5, 0.6) is 17.2 Å². The Balaban J connectivity index is 2.21. The molecule has 0 atom stereocenters.